The summed E-state index contributed by atoms with van der Waals surface area (Å²) in [5.74, 6) is 0.278. The molecule has 1 saturated carbocycles. The summed E-state index contributed by atoms with van der Waals surface area (Å²) in [5.41, 5.74) is -0.842. The Morgan fingerprint density at radius 3 is 2.41 bits per heavy atom. The number of nitriles is 1. The number of hydrogen-bond acceptors (Lipinski definition) is 3. The third kappa shape index (κ3) is 4.12. The molecule has 0 aromatic carbocycles. The third-order valence-corrected chi connectivity index (χ3v) is 4.06. The zero-order valence-corrected chi connectivity index (χ0v) is 11.1. The summed E-state index contributed by atoms with van der Waals surface area (Å²) < 4.78 is 10.9. The van der Waals surface area contributed by atoms with Gasteiger partial charge in [-0.25, -0.2) is 0 Å². The maximum absolute atomic E-state index is 12.1. The number of hydrogen-bond donors (Lipinski definition) is 1. The van der Waals surface area contributed by atoms with Gasteiger partial charge < -0.3 is 5.32 Å². The van der Waals surface area contributed by atoms with Gasteiger partial charge in [0.15, 0.2) is 0 Å². The maximum Gasteiger partial charge on any atom is 0.240 e. The molecule has 1 amide bonds. The van der Waals surface area contributed by atoms with Crippen LogP contribution in [0.2, 0.25) is 0 Å². The molecule has 0 aliphatic heterocycles. The van der Waals surface area contributed by atoms with Crippen molar-refractivity contribution in [1.82, 2.24) is 5.32 Å². The molecule has 1 unspecified atom stereocenters. The Bertz CT molecular complexity index is 328. The number of amides is 1. The zero-order chi connectivity index (χ0) is 12.7. The molecule has 1 fully saturated rings. The fourth-order valence-electron chi connectivity index (χ4n) is 2.20. The van der Waals surface area contributed by atoms with Gasteiger partial charge in [-0.3, -0.25) is 9.00 Å². The van der Waals surface area contributed by atoms with E-state index >= 15 is 0 Å². The molecular weight excluding hydrogens is 236 g/mol. The predicted molar refractivity (Wildman–Crippen MR) is 67.7 cm³/mol. The minimum absolute atomic E-state index is 0.174. The molecular formula is C12H20N2O2S. The summed E-state index contributed by atoms with van der Waals surface area (Å²) in [6.07, 6.45) is 7.03. The molecule has 0 bridgehead atoms. The van der Waals surface area contributed by atoms with Crippen LogP contribution >= 0.6 is 0 Å². The number of carbonyl (C=O) groups excluding carboxylic acids is 1. The molecule has 17 heavy (non-hydrogen) atoms. The summed E-state index contributed by atoms with van der Waals surface area (Å²) in [5, 5.41) is 12.0. The normalized spacial score (nSPS) is 20.9. The van der Waals surface area contributed by atoms with Gasteiger partial charge in [-0.05, 0) is 12.8 Å². The fraction of sp³-hybridized carbons (Fsp3) is 0.833. The Hall–Kier alpha value is -0.890. The molecule has 0 aromatic heterocycles. The Morgan fingerprint density at radius 2 is 1.94 bits per heavy atom. The topological polar surface area (TPSA) is 70.0 Å². The van der Waals surface area contributed by atoms with E-state index in [9.17, 15) is 14.3 Å². The predicted octanol–water partition coefficient (Wildman–Crippen LogP) is 1.35. The first-order valence-corrected chi connectivity index (χ1v) is 7.83. The first-order valence-electron chi connectivity index (χ1n) is 6.10. The molecule has 0 radical (unpaired) electrons. The second-order valence-corrected chi connectivity index (χ2v) is 6.20. The molecule has 0 saturated heterocycles. The Kier molecular flexibility index (Phi) is 5.63. The van der Waals surface area contributed by atoms with E-state index in [4.69, 9.17) is 0 Å². The molecule has 1 N–H and O–H groups in total. The second kappa shape index (κ2) is 6.75. The minimum atomic E-state index is -0.903. The largest absolute Gasteiger partial charge is 0.354 e. The van der Waals surface area contributed by atoms with Gasteiger partial charge in [0.1, 0.15) is 5.41 Å². The lowest BCUT2D eigenvalue weighted by Crippen LogP contribution is -2.41. The van der Waals surface area contributed by atoms with Crippen molar-refractivity contribution in [3.63, 3.8) is 0 Å². The van der Waals surface area contributed by atoms with E-state index in [1.54, 1.807) is 6.26 Å². The van der Waals surface area contributed by atoms with Crippen molar-refractivity contribution in [2.45, 2.75) is 38.5 Å². The van der Waals surface area contributed by atoms with Crippen molar-refractivity contribution >= 4 is 16.7 Å². The lowest BCUT2D eigenvalue weighted by atomic mass is 9.81. The van der Waals surface area contributed by atoms with Crippen LogP contribution in [0, 0.1) is 16.7 Å². The second-order valence-electron chi connectivity index (χ2n) is 4.64. The lowest BCUT2D eigenvalue weighted by Gasteiger charge is -2.23. The van der Waals surface area contributed by atoms with E-state index < -0.39 is 16.2 Å². The number of rotatable bonds is 4. The van der Waals surface area contributed by atoms with Gasteiger partial charge in [-0.15, -0.1) is 0 Å². The summed E-state index contributed by atoms with van der Waals surface area (Å²) in [6.45, 7) is 0.394. The lowest BCUT2D eigenvalue weighted by molar-refractivity contribution is -0.128. The third-order valence-electron chi connectivity index (χ3n) is 3.28. The van der Waals surface area contributed by atoms with Crippen molar-refractivity contribution in [3.05, 3.63) is 0 Å². The van der Waals surface area contributed by atoms with Gasteiger partial charge >= 0.3 is 0 Å². The van der Waals surface area contributed by atoms with Gasteiger partial charge in [-0.2, -0.15) is 5.26 Å². The van der Waals surface area contributed by atoms with Crippen LogP contribution in [-0.2, 0) is 15.6 Å². The maximum atomic E-state index is 12.1. The molecule has 0 heterocycles. The van der Waals surface area contributed by atoms with Gasteiger partial charge in [0.25, 0.3) is 0 Å². The summed E-state index contributed by atoms with van der Waals surface area (Å²) in [6, 6.07) is 2.21. The average Bonchev–Trinajstić information content (AvgIpc) is 2.54. The van der Waals surface area contributed by atoms with Crippen LogP contribution in [-0.4, -0.2) is 28.7 Å². The summed E-state index contributed by atoms with van der Waals surface area (Å²) >= 11 is 0. The first kappa shape index (κ1) is 14.2. The molecule has 0 aromatic rings. The molecule has 0 spiro atoms. The average molecular weight is 256 g/mol. The summed E-state index contributed by atoms with van der Waals surface area (Å²) in [7, 11) is -0.903. The van der Waals surface area contributed by atoms with Gasteiger partial charge in [0.2, 0.25) is 5.91 Å². The molecule has 1 aliphatic rings. The number of nitrogens with zero attached hydrogens (tertiary/aromatic N) is 1. The standard InChI is InChI=1S/C12H20N2O2S/c1-17(16)9-8-14-11(15)12(10-13)6-4-2-3-5-7-12/h2-9H2,1H3,(H,14,15). The quantitative estimate of drug-likeness (QED) is 0.772. The molecule has 1 atom stereocenters. The Labute approximate surface area is 105 Å². The van der Waals surface area contributed by atoms with Crippen LogP contribution in [0.5, 0.6) is 0 Å². The highest BCUT2D eigenvalue weighted by molar-refractivity contribution is 7.84. The molecule has 5 heteroatoms. The van der Waals surface area contributed by atoms with E-state index in [0.29, 0.717) is 25.1 Å². The van der Waals surface area contributed by atoms with Crippen LogP contribution in [0.3, 0.4) is 0 Å². The molecule has 96 valence electrons. The van der Waals surface area contributed by atoms with Crippen molar-refractivity contribution in [3.8, 4) is 6.07 Å². The van der Waals surface area contributed by atoms with Crippen LogP contribution in [0.15, 0.2) is 0 Å². The molecule has 1 aliphatic carbocycles. The first-order chi connectivity index (χ1) is 8.10. The zero-order valence-electron chi connectivity index (χ0n) is 10.3. The van der Waals surface area contributed by atoms with Crippen molar-refractivity contribution in [2.24, 2.45) is 5.41 Å². The van der Waals surface area contributed by atoms with E-state index in [-0.39, 0.29) is 5.91 Å². The van der Waals surface area contributed by atoms with Crippen LogP contribution in [0.1, 0.15) is 38.5 Å². The minimum Gasteiger partial charge on any atom is -0.354 e. The van der Waals surface area contributed by atoms with Crippen LogP contribution in [0.4, 0.5) is 0 Å². The highest BCUT2D eigenvalue weighted by Crippen LogP contribution is 2.34. The van der Waals surface area contributed by atoms with Crippen molar-refractivity contribution in [2.75, 3.05) is 18.6 Å². The molecule has 1 rings (SSSR count). The SMILES string of the molecule is CS(=O)CCNC(=O)C1(C#N)CCCCCC1. The van der Waals surface area contributed by atoms with Crippen molar-refractivity contribution < 1.29 is 9.00 Å². The van der Waals surface area contributed by atoms with E-state index in [1.807, 2.05) is 0 Å². The van der Waals surface area contributed by atoms with Gasteiger partial charge in [0, 0.05) is 29.4 Å². The van der Waals surface area contributed by atoms with Gasteiger partial charge in [0.05, 0.1) is 6.07 Å². The smallest absolute Gasteiger partial charge is 0.240 e. The van der Waals surface area contributed by atoms with Gasteiger partial charge in [-0.1, -0.05) is 25.7 Å². The molecule has 4 nitrogen and oxygen atoms in total. The number of carbonyl (C=O) groups is 1. The van der Waals surface area contributed by atoms with E-state index in [0.717, 1.165) is 25.7 Å². The Morgan fingerprint density at radius 1 is 1.35 bits per heavy atom. The van der Waals surface area contributed by atoms with E-state index in [2.05, 4.69) is 11.4 Å². The summed E-state index contributed by atoms with van der Waals surface area (Å²) in [4.78, 5) is 12.1. The fourth-order valence-corrected chi connectivity index (χ4v) is 2.59. The van der Waals surface area contributed by atoms with Crippen molar-refractivity contribution in [1.29, 1.82) is 5.26 Å². The van der Waals surface area contributed by atoms with Crippen LogP contribution in [0.25, 0.3) is 0 Å². The Balaban J connectivity index is 2.56. The van der Waals surface area contributed by atoms with E-state index in [1.165, 1.54) is 0 Å². The highest BCUT2D eigenvalue weighted by Gasteiger charge is 2.38. The number of nitrogens with one attached hydrogen (secondary N) is 1. The highest BCUT2D eigenvalue weighted by atomic mass is 32.2. The monoisotopic (exact) mass is 256 g/mol. The van der Waals surface area contributed by atoms with Crippen LogP contribution < -0.4 is 5.32 Å².